The van der Waals surface area contributed by atoms with Gasteiger partial charge in [-0.2, -0.15) is 0 Å². The Labute approximate surface area is 164 Å². The van der Waals surface area contributed by atoms with Crippen LogP contribution in [-0.2, 0) is 6.42 Å². The van der Waals surface area contributed by atoms with E-state index in [1.165, 1.54) is 11.8 Å². The molecule has 2 aromatic carbocycles. The van der Waals surface area contributed by atoms with Crippen LogP contribution in [0.2, 0.25) is 0 Å². The number of rotatable bonds is 7. The van der Waals surface area contributed by atoms with Gasteiger partial charge in [0.05, 0.1) is 25.5 Å². The zero-order valence-corrected chi connectivity index (χ0v) is 16.2. The van der Waals surface area contributed by atoms with Crippen molar-refractivity contribution in [2.45, 2.75) is 13.3 Å². The molecule has 2 N–H and O–H groups in total. The number of methoxy groups -OCH3 is 2. The Hall–Kier alpha value is -3.54. The molecule has 144 valence electrons. The maximum Gasteiger partial charge on any atom is 0.257 e. The topological polar surface area (TPSA) is 72.5 Å². The van der Waals surface area contributed by atoms with Crippen LogP contribution in [0.5, 0.6) is 11.5 Å². The van der Waals surface area contributed by atoms with Crippen LogP contribution >= 0.6 is 0 Å². The molecule has 0 aliphatic carbocycles. The smallest absolute Gasteiger partial charge is 0.257 e. The second-order valence-corrected chi connectivity index (χ2v) is 6.13. The molecular weight excluding hydrogens is 354 g/mol. The highest BCUT2D eigenvalue weighted by atomic mass is 16.5. The number of nitrogens with zero attached hydrogens (tertiary/aromatic N) is 1. The van der Waals surface area contributed by atoms with Crippen LogP contribution in [0.1, 0.15) is 22.8 Å². The number of aromatic nitrogens is 1. The summed E-state index contributed by atoms with van der Waals surface area (Å²) in [4.78, 5) is 16.8. The summed E-state index contributed by atoms with van der Waals surface area (Å²) in [5.74, 6) is 1.58. The molecular formula is C22H23N3O3. The van der Waals surface area contributed by atoms with Crippen molar-refractivity contribution in [2.24, 2.45) is 0 Å². The fourth-order valence-corrected chi connectivity index (χ4v) is 2.67. The summed E-state index contributed by atoms with van der Waals surface area (Å²) < 4.78 is 10.5. The minimum atomic E-state index is -0.269. The molecule has 1 amide bonds. The van der Waals surface area contributed by atoms with Gasteiger partial charge in [-0.1, -0.05) is 19.1 Å². The van der Waals surface area contributed by atoms with Gasteiger partial charge in [-0.25, -0.2) is 4.98 Å². The van der Waals surface area contributed by atoms with E-state index < -0.39 is 0 Å². The number of hydrogen-bond acceptors (Lipinski definition) is 5. The molecule has 3 rings (SSSR count). The fraction of sp³-hybridized carbons (Fsp3) is 0.182. The van der Waals surface area contributed by atoms with Crippen molar-refractivity contribution in [3.8, 4) is 11.5 Å². The van der Waals surface area contributed by atoms with Crippen molar-refractivity contribution >= 4 is 23.1 Å². The second kappa shape index (κ2) is 8.90. The summed E-state index contributed by atoms with van der Waals surface area (Å²) in [6.07, 6.45) is 2.54. The highest BCUT2D eigenvalue weighted by molar-refractivity contribution is 6.05. The third kappa shape index (κ3) is 4.59. The molecule has 1 heterocycles. The third-order valence-corrected chi connectivity index (χ3v) is 4.32. The highest BCUT2D eigenvalue weighted by Crippen LogP contribution is 2.29. The van der Waals surface area contributed by atoms with E-state index in [9.17, 15) is 4.79 Å². The number of carbonyl (C=O) groups is 1. The Morgan fingerprint density at radius 2 is 1.79 bits per heavy atom. The van der Waals surface area contributed by atoms with Crippen molar-refractivity contribution in [2.75, 3.05) is 24.9 Å². The van der Waals surface area contributed by atoms with Crippen molar-refractivity contribution in [1.29, 1.82) is 0 Å². The molecule has 0 radical (unpaired) electrons. The van der Waals surface area contributed by atoms with Gasteiger partial charge >= 0.3 is 0 Å². The number of carbonyl (C=O) groups excluding carboxylic acids is 1. The number of benzene rings is 2. The number of amides is 1. The second-order valence-electron chi connectivity index (χ2n) is 6.13. The van der Waals surface area contributed by atoms with Crippen LogP contribution in [0.15, 0.2) is 60.8 Å². The van der Waals surface area contributed by atoms with Gasteiger partial charge in [0.25, 0.3) is 5.91 Å². The molecule has 0 fully saturated rings. The molecule has 0 aliphatic rings. The summed E-state index contributed by atoms with van der Waals surface area (Å²) in [6, 6.07) is 16.9. The summed E-state index contributed by atoms with van der Waals surface area (Å²) >= 11 is 0. The average molecular weight is 377 g/mol. The maximum atomic E-state index is 12.5. The largest absolute Gasteiger partial charge is 0.497 e. The maximum absolute atomic E-state index is 12.5. The van der Waals surface area contributed by atoms with E-state index in [0.717, 1.165) is 12.1 Å². The number of pyridine rings is 1. The Bertz CT molecular complexity index is 938. The molecule has 6 heteroatoms. The minimum Gasteiger partial charge on any atom is -0.497 e. The molecule has 6 nitrogen and oxygen atoms in total. The van der Waals surface area contributed by atoms with Gasteiger partial charge in [0.2, 0.25) is 0 Å². The summed E-state index contributed by atoms with van der Waals surface area (Å²) in [5, 5.41) is 6.06. The molecule has 0 saturated heterocycles. The number of aryl methyl sites for hydroxylation is 1. The minimum absolute atomic E-state index is 0.269. The molecule has 0 unspecified atom stereocenters. The predicted octanol–water partition coefficient (Wildman–Crippen LogP) is 4.66. The van der Waals surface area contributed by atoms with Gasteiger partial charge in [0.1, 0.15) is 17.3 Å². The Kier molecular flexibility index (Phi) is 6.11. The number of hydrogen-bond donors (Lipinski definition) is 2. The lowest BCUT2D eigenvalue weighted by Gasteiger charge is -2.12. The van der Waals surface area contributed by atoms with E-state index in [4.69, 9.17) is 9.47 Å². The first kappa shape index (κ1) is 19.2. The SMILES string of the molecule is CCc1ccc(Nc2ccc(C(=O)Nc3ccc(OC)cc3OC)cn2)cc1. The predicted molar refractivity (Wildman–Crippen MR) is 111 cm³/mol. The van der Waals surface area contributed by atoms with E-state index >= 15 is 0 Å². The zero-order valence-electron chi connectivity index (χ0n) is 16.2. The van der Waals surface area contributed by atoms with Gasteiger partial charge in [-0.15, -0.1) is 0 Å². The van der Waals surface area contributed by atoms with Crippen LogP contribution < -0.4 is 20.1 Å². The van der Waals surface area contributed by atoms with Gasteiger partial charge in [-0.05, 0) is 48.4 Å². The molecule has 0 aliphatic heterocycles. The first-order valence-corrected chi connectivity index (χ1v) is 8.98. The first-order valence-electron chi connectivity index (χ1n) is 8.98. The molecule has 28 heavy (non-hydrogen) atoms. The van der Waals surface area contributed by atoms with E-state index in [1.807, 2.05) is 12.1 Å². The van der Waals surface area contributed by atoms with Crippen molar-refractivity contribution in [3.63, 3.8) is 0 Å². The van der Waals surface area contributed by atoms with Crippen LogP contribution in [0.25, 0.3) is 0 Å². The summed E-state index contributed by atoms with van der Waals surface area (Å²) in [6.45, 7) is 2.12. The van der Waals surface area contributed by atoms with Gasteiger partial charge < -0.3 is 20.1 Å². The lowest BCUT2D eigenvalue weighted by molar-refractivity contribution is 0.102. The van der Waals surface area contributed by atoms with E-state index in [1.54, 1.807) is 44.6 Å². The molecule has 3 aromatic rings. The molecule has 1 aromatic heterocycles. The highest BCUT2D eigenvalue weighted by Gasteiger charge is 2.11. The van der Waals surface area contributed by atoms with E-state index in [-0.39, 0.29) is 5.91 Å². The zero-order chi connectivity index (χ0) is 19.9. The van der Waals surface area contributed by atoms with Crippen LogP contribution in [0.4, 0.5) is 17.2 Å². The Balaban J connectivity index is 1.68. The summed E-state index contributed by atoms with van der Waals surface area (Å²) in [7, 11) is 3.12. The van der Waals surface area contributed by atoms with Gasteiger partial charge in [0, 0.05) is 18.0 Å². The monoisotopic (exact) mass is 377 g/mol. The van der Waals surface area contributed by atoms with Gasteiger partial charge in [-0.3, -0.25) is 4.79 Å². The van der Waals surface area contributed by atoms with Crippen molar-refractivity contribution in [1.82, 2.24) is 4.98 Å². The average Bonchev–Trinajstić information content (AvgIpc) is 2.75. The molecule has 0 atom stereocenters. The summed E-state index contributed by atoms with van der Waals surface area (Å²) in [5.41, 5.74) is 3.24. The molecule has 0 spiro atoms. The van der Waals surface area contributed by atoms with Crippen molar-refractivity contribution in [3.05, 3.63) is 71.9 Å². The standard InChI is InChI=1S/C22H23N3O3/c1-4-15-5-8-17(9-6-15)24-21-12-7-16(14-23-21)22(26)25-19-11-10-18(27-2)13-20(19)28-3/h5-14H,4H2,1-3H3,(H,23,24)(H,25,26). The lowest BCUT2D eigenvalue weighted by atomic mass is 10.1. The van der Waals surface area contributed by atoms with Crippen LogP contribution in [-0.4, -0.2) is 25.1 Å². The van der Waals surface area contributed by atoms with Crippen molar-refractivity contribution < 1.29 is 14.3 Å². The lowest BCUT2D eigenvalue weighted by Crippen LogP contribution is -2.13. The normalized spacial score (nSPS) is 10.2. The number of nitrogens with one attached hydrogen (secondary N) is 2. The van der Waals surface area contributed by atoms with Crippen LogP contribution in [0, 0.1) is 0 Å². The quantitative estimate of drug-likeness (QED) is 0.627. The molecule has 0 bridgehead atoms. The first-order chi connectivity index (χ1) is 13.6. The van der Waals surface area contributed by atoms with E-state index in [0.29, 0.717) is 28.6 Å². The van der Waals surface area contributed by atoms with E-state index in [2.05, 4.69) is 34.7 Å². The number of ether oxygens (including phenoxy) is 2. The van der Waals surface area contributed by atoms with Crippen LogP contribution in [0.3, 0.4) is 0 Å². The fourth-order valence-electron chi connectivity index (χ4n) is 2.67. The van der Waals surface area contributed by atoms with Gasteiger partial charge in [0.15, 0.2) is 0 Å². The molecule has 0 saturated carbocycles. The Morgan fingerprint density at radius 3 is 2.39 bits per heavy atom. The number of anilines is 3. The Morgan fingerprint density at radius 1 is 1.00 bits per heavy atom. The third-order valence-electron chi connectivity index (χ3n) is 4.32.